The van der Waals surface area contributed by atoms with Crippen LogP contribution in [0.1, 0.15) is 20.3 Å². The number of aliphatic hydroxyl groups excluding tert-OH is 1. The van der Waals surface area contributed by atoms with E-state index in [4.69, 9.17) is 5.11 Å². The predicted octanol–water partition coefficient (Wildman–Crippen LogP) is 1.26. The molecule has 74 valence electrons. The molecule has 3 heteroatoms. The number of aliphatic hydroxyl groups is 1. The van der Waals surface area contributed by atoms with Gasteiger partial charge >= 0.3 is 0 Å². The third kappa shape index (κ3) is 5.86. The molecule has 0 aromatic rings. The minimum atomic E-state index is 0.263. The van der Waals surface area contributed by atoms with Crippen molar-refractivity contribution in [2.75, 3.05) is 32.0 Å². The lowest BCUT2D eigenvalue weighted by molar-refractivity contribution is 0.183. The average molecular weight is 191 g/mol. The Labute approximate surface area is 81.4 Å². The fourth-order valence-electron chi connectivity index (χ4n) is 1.25. The van der Waals surface area contributed by atoms with Gasteiger partial charge in [-0.15, -0.1) is 0 Å². The second-order valence-corrected chi connectivity index (χ2v) is 3.68. The second kappa shape index (κ2) is 7.90. The van der Waals surface area contributed by atoms with E-state index < -0.39 is 0 Å². The first-order valence-corrected chi connectivity index (χ1v) is 5.31. The summed E-state index contributed by atoms with van der Waals surface area (Å²) in [5.41, 5.74) is 0. The minimum Gasteiger partial charge on any atom is -0.395 e. The first-order valence-electron chi connectivity index (χ1n) is 4.68. The van der Waals surface area contributed by atoms with E-state index in [2.05, 4.69) is 31.4 Å². The Kier molecular flexibility index (Phi) is 8.07. The number of nitrogens with zero attached hydrogens (tertiary/aromatic N) is 1. The van der Waals surface area contributed by atoms with E-state index in [-0.39, 0.29) is 6.61 Å². The highest BCUT2D eigenvalue weighted by Crippen LogP contribution is 2.02. The maximum absolute atomic E-state index is 8.79. The van der Waals surface area contributed by atoms with E-state index in [1.807, 2.05) is 0 Å². The van der Waals surface area contributed by atoms with Gasteiger partial charge in [0.2, 0.25) is 0 Å². The van der Waals surface area contributed by atoms with E-state index in [1.165, 1.54) is 0 Å². The molecule has 0 saturated heterocycles. The molecule has 1 unspecified atom stereocenters. The summed E-state index contributed by atoms with van der Waals surface area (Å²) in [6.07, 6.45) is 1.15. The molecule has 1 N–H and O–H groups in total. The standard InChI is InChI=1S/C9H21NOS/c1-3-4-10(5-6-11)7-9(2)8-12/h9,11-12H,3-8H2,1-2H3. The Morgan fingerprint density at radius 2 is 2.08 bits per heavy atom. The van der Waals surface area contributed by atoms with Gasteiger partial charge in [0.05, 0.1) is 6.61 Å². The van der Waals surface area contributed by atoms with Crippen molar-refractivity contribution in [1.29, 1.82) is 0 Å². The molecule has 2 nitrogen and oxygen atoms in total. The molecular weight excluding hydrogens is 170 g/mol. The van der Waals surface area contributed by atoms with Crippen molar-refractivity contribution < 1.29 is 5.11 Å². The van der Waals surface area contributed by atoms with Crippen molar-refractivity contribution in [2.45, 2.75) is 20.3 Å². The van der Waals surface area contributed by atoms with Crippen molar-refractivity contribution in [1.82, 2.24) is 4.90 Å². The summed E-state index contributed by atoms with van der Waals surface area (Å²) in [4.78, 5) is 2.29. The molecular formula is C9H21NOS. The Balaban J connectivity index is 3.61. The molecule has 0 spiro atoms. The predicted molar refractivity (Wildman–Crippen MR) is 56.8 cm³/mol. The van der Waals surface area contributed by atoms with Crippen molar-refractivity contribution in [3.05, 3.63) is 0 Å². The van der Waals surface area contributed by atoms with E-state index in [9.17, 15) is 0 Å². The lowest BCUT2D eigenvalue weighted by Gasteiger charge is -2.23. The summed E-state index contributed by atoms with van der Waals surface area (Å²) in [7, 11) is 0. The van der Waals surface area contributed by atoms with E-state index in [0.717, 1.165) is 31.8 Å². The van der Waals surface area contributed by atoms with Gasteiger partial charge in [-0.25, -0.2) is 0 Å². The van der Waals surface area contributed by atoms with Crippen molar-refractivity contribution in [3.8, 4) is 0 Å². The van der Waals surface area contributed by atoms with E-state index in [0.29, 0.717) is 5.92 Å². The smallest absolute Gasteiger partial charge is 0.0558 e. The van der Waals surface area contributed by atoms with Crippen LogP contribution in [-0.2, 0) is 0 Å². The zero-order valence-corrected chi connectivity index (χ0v) is 9.06. The van der Waals surface area contributed by atoms with Crippen molar-refractivity contribution in [2.24, 2.45) is 5.92 Å². The minimum absolute atomic E-state index is 0.263. The molecule has 12 heavy (non-hydrogen) atoms. The molecule has 0 aromatic carbocycles. The fraction of sp³-hybridized carbons (Fsp3) is 1.00. The first-order chi connectivity index (χ1) is 5.74. The highest BCUT2D eigenvalue weighted by Gasteiger charge is 2.06. The Morgan fingerprint density at radius 3 is 2.50 bits per heavy atom. The SMILES string of the molecule is CCCN(CCO)CC(C)CS. The third-order valence-corrected chi connectivity index (χ3v) is 2.46. The Hall–Kier alpha value is 0.270. The lowest BCUT2D eigenvalue weighted by atomic mass is 10.2. The van der Waals surface area contributed by atoms with Crippen LogP contribution in [-0.4, -0.2) is 42.0 Å². The van der Waals surface area contributed by atoms with E-state index >= 15 is 0 Å². The van der Waals surface area contributed by atoms with Crippen LogP contribution in [0.15, 0.2) is 0 Å². The summed E-state index contributed by atoms with van der Waals surface area (Å²) in [6, 6.07) is 0. The van der Waals surface area contributed by atoms with Crippen LogP contribution in [0.2, 0.25) is 0 Å². The molecule has 1 atom stereocenters. The number of thiol groups is 1. The molecule has 0 aromatic heterocycles. The normalized spacial score (nSPS) is 13.8. The molecule has 0 amide bonds. The van der Waals surface area contributed by atoms with Gasteiger partial charge in [0, 0.05) is 13.1 Å². The molecule has 0 aliphatic carbocycles. The topological polar surface area (TPSA) is 23.5 Å². The van der Waals surface area contributed by atoms with Gasteiger partial charge < -0.3 is 10.0 Å². The summed E-state index contributed by atoms with van der Waals surface area (Å²) in [6.45, 7) is 7.55. The zero-order valence-electron chi connectivity index (χ0n) is 8.16. The van der Waals surface area contributed by atoms with Crippen LogP contribution in [0.4, 0.5) is 0 Å². The quantitative estimate of drug-likeness (QED) is 0.592. The molecule has 0 fully saturated rings. The highest BCUT2D eigenvalue weighted by atomic mass is 32.1. The monoisotopic (exact) mass is 191 g/mol. The van der Waals surface area contributed by atoms with Crippen LogP contribution < -0.4 is 0 Å². The largest absolute Gasteiger partial charge is 0.395 e. The van der Waals surface area contributed by atoms with E-state index in [1.54, 1.807) is 0 Å². The van der Waals surface area contributed by atoms with Gasteiger partial charge in [-0.3, -0.25) is 0 Å². The molecule has 0 saturated carbocycles. The van der Waals surface area contributed by atoms with Gasteiger partial charge in [0.15, 0.2) is 0 Å². The lowest BCUT2D eigenvalue weighted by Crippen LogP contribution is -2.32. The summed E-state index contributed by atoms with van der Waals surface area (Å²) >= 11 is 4.24. The van der Waals surface area contributed by atoms with Gasteiger partial charge in [0.1, 0.15) is 0 Å². The van der Waals surface area contributed by atoms with Gasteiger partial charge in [0.25, 0.3) is 0 Å². The molecule has 0 aliphatic heterocycles. The van der Waals surface area contributed by atoms with Crippen molar-refractivity contribution >= 4 is 12.6 Å². The van der Waals surface area contributed by atoms with Crippen LogP contribution >= 0.6 is 12.6 Å². The van der Waals surface area contributed by atoms with Crippen LogP contribution in [0.25, 0.3) is 0 Å². The molecule has 0 aliphatic rings. The summed E-state index contributed by atoms with van der Waals surface area (Å²) in [5, 5.41) is 8.79. The molecule has 0 rings (SSSR count). The highest BCUT2D eigenvalue weighted by molar-refractivity contribution is 7.80. The Bertz CT molecular complexity index is 94.5. The molecule has 0 heterocycles. The fourth-order valence-corrected chi connectivity index (χ4v) is 1.37. The summed E-state index contributed by atoms with van der Waals surface area (Å²) < 4.78 is 0. The zero-order chi connectivity index (χ0) is 9.40. The molecule has 0 bridgehead atoms. The van der Waals surface area contributed by atoms with Crippen LogP contribution in [0, 0.1) is 5.92 Å². The first kappa shape index (κ1) is 12.3. The number of rotatable bonds is 7. The number of hydrogen-bond donors (Lipinski definition) is 2. The van der Waals surface area contributed by atoms with Gasteiger partial charge in [-0.05, 0) is 24.6 Å². The maximum Gasteiger partial charge on any atom is 0.0558 e. The molecule has 0 radical (unpaired) electrons. The summed E-state index contributed by atoms with van der Waals surface area (Å²) in [5.74, 6) is 1.54. The van der Waals surface area contributed by atoms with Gasteiger partial charge in [-0.2, -0.15) is 12.6 Å². The van der Waals surface area contributed by atoms with Crippen molar-refractivity contribution in [3.63, 3.8) is 0 Å². The average Bonchev–Trinajstić information content (AvgIpc) is 2.05. The van der Waals surface area contributed by atoms with Crippen LogP contribution in [0.5, 0.6) is 0 Å². The Morgan fingerprint density at radius 1 is 1.42 bits per heavy atom. The third-order valence-electron chi connectivity index (χ3n) is 1.84. The van der Waals surface area contributed by atoms with Crippen LogP contribution in [0.3, 0.4) is 0 Å². The second-order valence-electron chi connectivity index (χ2n) is 3.31. The van der Waals surface area contributed by atoms with Gasteiger partial charge in [-0.1, -0.05) is 13.8 Å². The number of hydrogen-bond acceptors (Lipinski definition) is 3. The maximum atomic E-state index is 8.79.